The third-order valence-corrected chi connectivity index (χ3v) is 2.41. The lowest BCUT2D eigenvalue weighted by molar-refractivity contribution is 0.0885. The van der Waals surface area contributed by atoms with Gasteiger partial charge in [0.2, 0.25) is 5.78 Å². The molecule has 0 saturated carbocycles. The third-order valence-electron chi connectivity index (χ3n) is 2.41. The molecule has 0 aromatic carbocycles. The Kier molecular flexibility index (Phi) is 5.42. The molecule has 3 nitrogen and oxygen atoms in total. The van der Waals surface area contributed by atoms with Crippen LogP contribution in [0.25, 0.3) is 0 Å². The van der Waals surface area contributed by atoms with Crippen LogP contribution in [0.5, 0.6) is 0 Å². The molecule has 0 saturated heterocycles. The largest absolute Gasteiger partial charge is 0.461 e. The summed E-state index contributed by atoms with van der Waals surface area (Å²) in [4.78, 5) is 14.2. The SMILES string of the molecule is CC(C)CN(CC(=O)c1ccco1)CC(C)C. The van der Waals surface area contributed by atoms with E-state index in [1.54, 1.807) is 18.4 Å². The number of Topliss-reactive ketones (excluding diaryl/α,β-unsaturated/α-hetero) is 1. The van der Waals surface area contributed by atoms with E-state index in [-0.39, 0.29) is 5.78 Å². The number of carbonyl (C=O) groups is 1. The van der Waals surface area contributed by atoms with E-state index >= 15 is 0 Å². The third kappa shape index (κ3) is 5.18. The smallest absolute Gasteiger partial charge is 0.211 e. The molecule has 0 bridgehead atoms. The molecule has 1 aromatic heterocycles. The molecule has 0 radical (unpaired) electrons. The Labute approximate surface area is 104 Å². The summed E-state index contributed by atoms with van der Waals surface area (Å²) in [6, 6.07) is 3.48. The molecule has 1 heterocycles. The number of nitrogens with zero attached hydrogens (tertiary/aromatic N) is 1. The summed E-state index contributed by atoms with van der Waals surface area (Å²) in [5.74, 6) is 1.66. The molecular weight excluding hydrogens is 214 g/mol. The Bertz CT molecular complexity index is 318. The van der Waals surface area contributed by atoms with Crippen molar-refractivity contribution < 1.29 is 9.21 Å². The minimum absolute atomic E-state index is 0.0660. The standard InChI is InChI=1S/C14H23NO2/c1-11(2)8-15(9-12(3)4)10-13(16)14-6-5-7-17-14/h5-7,11-12H,8-10H2,1-4H3. The molecule has 17 heavy (non-hydrogen) atoms. The van der Waals surface area contributed by atoms with Crippen molar-refractivity contribution in [2.75, 3.05) is 19.6 Å². The average molecular weight is 237 g/mol. The fourth-order valence-electron chi connectivity index (χ4n) is 1.95. The van der Waals surface area contributed by atoms with Crippen molar-refractivity contribution in [2.24, 2.45) is 11.8 Å². The summed E-state index contributed by atoms with van der Waals surface area (Å²) in [7, 11) is 0. The van der Waals surface area contributed by atoms with Gasteiger partial charge >= 0.3 is 0 Å². The summed E-state index contributed by atoms with van der Waals surface area (Å²) >= 11 is 0. The molecule has 3 heteroatoms. The minimum atomic E-state index is 0.0660. The topological polar surface area (TPSA) is 33.5 Å². The van der Waals surface area contributed by atoms with Crippen LogP contribution < -0.4 is 0 Å². The molecule has 0 N–H and O–H groups in total. The summed E-state index contributed by atoms with van der Waals surface area (Å²) in [5, 5.41) is 0. The molecule has 0 spiro atoms. The molecule has 0 aliphatic rings. The summed E-state index contributed by atoms with van der Waals surface area (Å²) < 4.78 is 5.13. The van der Waals surface area contributed by atoms with Crippen LogP contribution in [0.15, 0.2) is 22.8 Å². The number of hydrogen-bond acceptors (Lipinski definition) is 3. The maximum atomic E-state index is 11.9. The summed E-state index contributed by atoms with van der Waals surface area (Å²) in [5.41, 5.74) is 0. The first-order chi connectivity index (χ1) is 7.99. The number of hydrogen-bond donors (Lipinski definition) is 0. The summed E-state index contributed by atoms with van der Waals surface area (Å²) in [6.45, 7) is 11.0. The Morgan fingerprint density at radius 3 is 2.24 bits per heavy atom. The number of carbonyl (C=O) groups excluding carboxylic acids is 1. The first kappa shape index (κ1) is 14.0. The van der Waals surface area contributed by atoms with Crippen LogP contribution in [-0.2, 0) is 0 Å². The van der Waals surface area contributed by atoms with E-state index in [2.05, 4.69) is 32.6 Å². The minimum Gasteiger partial charge on any atom is -0.461 e. The van der Waals surface area contributed by atoms with E-state index in [1.807, 2.05) is 0 Å². The molecule has 0 aliphatic carbocycles. The quantitative estimate of drug-likeness (QED) is 0.683. The van der Waals surface area contributed by atoms with Gasteiger partial charge in [0.15, 0.2) is 5.76 Å². The number of ketones is 1. The van der Waals surface area contributed by atoms with E-state index in [4.69, 9.17) is 4.42 Å². The van der Waals surface area contributed by atoms with E-state index in [1.165, 1.54) is 0 Å². The Morgan fingerprint density at radius 1 is 1.24 bits per heavy atom. The van der Waals surface area contributed by atoms with Gasteiger partial charge in [0, 0.05) is 13.1 Å². The van der Waals surface area contributed by atoms with Crippen molar-refractivity contribution in [3.8, 4) is 0 Å². The second-order valence-electron chi connectivity index (χ2n) is 5.38. The normalized spacial score (nSPS) is 11.7. The van der Waals surface area contributed by atoms with Crippen molar-refractivity contribution in [1.82, 2.24) is 4.90 Å². The fraction of sp³-hybridized carbons (Fsp3) is 0.643. The number of furan rings is 1. The van der Waals surface area contributed by atoms with E-state index < -0.39 is 0 Å². The zero-order valence-corrected chi connectivity index (χ0v) is 11.3. The van der Waals surface area contributed by atoms with E-state index in [9.17, 15) is 4.79 Å². The van der Waals surface area contributed by atoms with Crippen LogP contribution in [-0.4, -0.2) is 30.3 Å². The van der Waals surface area contributed by atoms with Crippen LogP contribution in [0, 0.1) is 11.8 Å². The van der Waals surface area contributed by atoms with Gasteiger partial charge in [-0.15, -0.1) is 0 Å². The lowest BCUT2D eigenvalue weighted by Crippen LogP contribution is -2.35. The maximum Gasteiger partial charge on any atom is 0.211 e. The van der Waals surface area contributed by atoms with Gasteiger partial charge in [-0.05, 0) is 24.0 Å². The van der Waals surface area contributed by atoms with Gasteiger partial charge < -0.3 is 4.42 Å². The Hall–Kier alpha value is -1.09. The van der Waals surface area contributed by atoms with Crippen LogP contribution in [0.2, 0.25) is 0 Å². The van der Waals surface area contributed by atoms with Crippen LogP contribution in [0.1, 0.15) is 38.2 Å². The first-order valence-electron chi connectivity index (χ1n) is 6.28. The molecule has 0 atom stereocenters. The van der Waals surface area contributed by atoms with Gasteiger partial charge in [-0.1, -0.05) is 27.7 Å². The lowest BCUT2D eigenvalue weighted by Gasteiger charge is -2.24. The highest BCUT2D eigenvalue weighted by molar-refractivity contribution is 5.94. The summed E-state index contributed by atoms with van der Waals surface area (Å²) in [6.07, 6.45) is 1.54. The van der Waals surface area contributed by atoms with Crippen LogP contribution >= 0.6 is 0 Å². The Balaban J connectivity index is 2.56. The van der Waals surface area contributed by atoms with Gasteiger partial charge in [-0.25, -0.2) is 0 Å². The van der Waals surface area contributed by atoms with Crippen LogP contribution in [0.4, 0.5) is 0 Å². The van der Waals surface area contributed by atoms with Crippen molar-refractivity contribution >= 4 is 5.78 Å². The van der Waals surface area contributed by atoms with Crippen molar-refractivity contribution in [2.45, 2.75) is 27.7 Å². The second kappa shape index (κ2) is 6.60. The molecule has 0 unspecified atom stereocenters. The zero-order valence-electron chi connectivity index (χ0n) is 11.3. The Morgan fingerprint density at radius 2 is 1.82 bits per heavy atom. The van der Waals surface area contributed by atoms with Crippen molar-refractivity contribution in [3.05, 3.63) is 24.2 Å². The maximum absolute atomic E-state index is 11.9. The van der Waals surface area contributed by atoms with Gasteiger partial charge in [0.1, 0.15) is 0 Å². The molecule has 0 fully saturated rings. The first-order valence-corrected chi connectivity index (χ1v) is 6.28. The molecule has 0 aliphatic heterocycles. The van der Waals surface area contributed by atoms with E-state index in [0.29, 0.717) is 24.1 Å². The van der Waals surface area contributed by atoms with Crippen molar-refractivity contribution in [3.63, 3.8) is 0 Å². The highest BCUT2D eigenvalue weighted by atomic mass is 16.3. The van der Waals surface area contributed by atoms with Crippen LogP contribution in [0.3, 0.4) is 0 Å². The molecule has 1 aromatic rings. The lowest BCUT2D eigenvalue weighted by atomic mass is 10.1. The molecule has 1 rings (SSSR count). The van der Waals surface area contributed by atoms with E-state index in [0.717, 1.165) is 13.1 Å². The highest BCUT2D eigenvalue weighted by Gasteiger charge is 2.16. The van der Waals surface area contributed by atoms with Crippen molar-refractivity contribution in [1.29, 1.82) is 0 Å². The second-order valence-corrected chi connectivity index (χ2v) is 5.38. The molecular formula is C14H23NO2. The predicted octanol–water partition coefficient (Wildman–Crippen LogP) is 3.08. The molecule has 0 amide bonds. The highest BCUT2D eigenvalue weighted by Crippen LogP contribution is 2.07. The predicted molar refractivity (Wildman–Crippen MR) is 69.2 cm³/mol. The van der Waals surface area contributed by atoms with Gasteiger partial charge in [0.25, 0.3) is 0 Å². The number of rotatable bonds is 7. The molecule has 96 valence electrons. The van der Waals surface area contributed by atoms with Gasteiger partial charge in [-0.3, -0.25) is 9.69 Å². The van der Waals surface area contributed by atoms with Gasteiger partial charge in [0.05, 0.1) is 12.8 Å². The average Bonchev–Trinajstić information content (AvgIpc) is 2.67. The fourth-order valence-corrected chi connectivity index (χ4v) is 1.95. The van der Waals surface area contributed by atoms with Gasteiger partial charge in [-0.2, -0.15) is 0 Å². The monoisotopic (exact) mass is 237 g/mol. The zero-order chi connectivity index (χ0) is 12.8.